The molecule has 0 aliphatic heterocycles. The van der Waals surface area contributed by atoms with Crippen LogP contribution in [-0.2, 0) is 0 Å². The third-order valence-electron chi connectivity index (χ3n) is 19.6. The molecule has 0 spiro atoms. The second-order valence-corrected chi connectivity index (χ2v) is 25.7. The molecule has 0 aliphatic rings. The molecule has 0 saturated carbocycles. The minimum atomic E-state index is 0.905. The van der Waals surface area contributed by atoms with Gasteiger partial charge in [-0.15, -0.1) is 0 Å². The van der Waals surface area contributed by atoms with Gasteiger partial charge >= 0.3 is 0 Å². The van der Waals surface area contributed by atoms with Crippen LogP contribution in [0.5, 0.6) is 0 Å². The summed E-state index contributed by atoms with van der Waals surface area (Å²) in [6, 6.07) is 144. The Bertz CT molecular complexity index is 5670. The minimum Gasteiger partial charge on any atom is -0.455 e. The van der Waals surface area contributed by atoms with E-state index in [4.69, 9.17) is 4.42 Å². The summed E-state index contributed by atoms with van der Waals surface area (Å²) >= 11 is 0. The molecule has 0 unspecified atom stereocenters. The molecule has 5 heteroatoms. The van der Waals surface area contributed by atoms with Crippen LogP contribution in [0.1, 0.15) is 0 Å². The highest BCUT2D eigenvalue weighted by atomic mass is 16.3. The van der Waals surface area contributed by atoms with Crippen molar-refractivity contribution in [2.75, 3.05) is 14.7 Å². The van der Waals surface area contributed by atoms with Crippen molar-refractivity contribution in [2.24, 2.45) is 0 Å². The number of hydrogen-bond acceptors (Lipinski definition) is 4. The molecule has 0 fully saturated rings. The first kappa shape index (κ1) is 60.0. The maximum atomic E-state index is 6.44. The Morgan fingerprint density at radius 2 is 0.455 bits per heavy atom. The average Bonchev–Trinajstić information content (AvgIpc) is 1.60. The number of aromatic nitrogens is 1. The molecule has 101 heavy (non-hydrogen) atoms. The van der Waals surface area contributed by atoms with Crippen LogP contribution in [0.2, 0.25) is 0 Å². The lowest BCUT2D eigenvalue weighted by Crippen LogP contribution is -2.10. The zero-order chi connectivity index (χ0) is 67.0. The number of anilines is 9. The second kappa shape index (κ2) is 26.2. The lowest BCUT2D eigenvalue weighted by molar-refractivity contribution is 0.670. The van der Waals surface area contributed by atoms with Crippen molar-refractivity contribution >= 4 is 94.9 Å². The summed E-state index contributed by atoms with van der Waals surface area (Å²) in [6.07, 6.45) is 0. The Morgan fingerprint density at radius 3 is 0.812 bits per heavy atom. The molecule has 0 aliphatic carbocycles. The molecule has 0 atom stereocenters. The summed E-state index contributed by atoms with van der Waals surface area (Å²) in [5.74, 6) is 0. The van der Waals surface area contributed by atoms with Gasteiger partial charge in [-0.2, -0.15) is 0 Å². The molecule has 0 saturated heterocycles. The first-order chi connectivity index (χ1) is 50.1. The topological polar surface area (TPSA) is 27.8 Å². The molecule has 476 valence electrons. The summed E-state index contributed by atoms with van der Waals surface area (Å²) in [4.78, 5) is 6.95. The quantitative estimate of drug-likeness (QED) is 0.0964. The van der Waals surface area contributed by atoms with Crippen molar-refractivity contribution in [3.63, 3.8) is 0 Å². The molecular formula is C96H66N4O. The average molecular weight is 1290 g/mol. The van der Waals surface area contributed by atoms with Gasteiger partial charge in [0.1, 0.15) is 11.2 Å². The van der Waals surface area contributed by atoms with Gasteiger partial charge in [-0.25, -0.2) is 0 Å². The summed E-state index contributed by atoms with van der Waals surface area (Å²) in [5, 5.41) is 4.68. The normalized spacial score (nSPS) is 11.4. The van der Waals surface area contributed by atoms with Crippen LogP contribution in [0, 0.1) is 0 Å². The van der Waals surface area contributed by atoms with Gasteiger partial charge in [-0.1, -0.05) is 249 Å². The van der Waals surface area contributed by atoms with Gasteiger partial charge in [0.2, 0.25) is 0 Å². The third-order valence-corrected chi connectivity index (χ3v) is 19.6. The molecule has 16 aromatic carbocycles. The maximum Gasteiger partial charge on any atom is 0.143 e. The zero-order valence-corrected chi connectivity index (χ0v) is 55.3. The van der Waals surface area contributed by atoms with Crippen molar-refractivity contribution in [2.45, 2.75) is 0 Å². The Morgan fingerprint density at radius 1 is 0.188 bits per heavy atom. The molecule has 2 heterocycles. The van der Waals surface area contributed by atoms with Crippen LogP contribution in [0.3, 0.4) is 0 Å². The fraction of sp³-hybridized carbons (Fsp3) is 0. The van der Waals surface area contributed by atoms with Crippen molar-refractivity contribution < 1.29 is 4.42 Å². The number of para-hydroxylation sites is 7. The molecule has 0 bridgehead atoms. The van der Waals surface area contributed by atoms with Gasteiger partial charge in [-0.3, -0.25) is 0 Å². The minimum absolute atomic E-state index is 0.905. The Balaban J connectivity index is 0.646. The standard InChI is InChI=1S/C96H66N4O/c1-6-19-78(20-7-1)97(79-21-8-2-9-22-79)83-53-43-69(44-54-83)71-47-59-86(60-48-71)99(87-61-49-72(50-62-87)70-45-55-84(56-46-70)98(80-23-10-3-11-24-80)81-25-12-4-13-26-81)85-57-41-68(42-58-85)67-33-35-73(36-34-67)76-51-63-93-91(65-76)92-66-77(52-64-94(92)100(93)82-27-14-5-15-28-82)74-37-39-75(40-38-74)88-30-18-31-90-89-29-16-17-32-95(89)101-96(88)90/h1-66H. The van der Waals surface area contributed by atoms with Crippen LogP contribution < -0.4 is 14.7 Å². The van der Waals surface area contributed by atoms with Gasteiger partial charge in [0, 0.05) is 84.0 Å². The van der Waals surface area contributed by atoms with Crippen molar-refractivity contribution in [3.05, 3.63) is 400 Å². The fourth-order valence-electron chi connectivity index (χ4n) is 14.6. The lowest BCUT2D eigenvalue weighted by atomic mass is 9.97. The highest BCUT2D eigenvalue weighted by Gasteiger charge is 2.20. The summed E-state index contributed by atoms with van der Waals surface area (Å²) in [6.45, 7) is 0. The molecule has 0 radical (unpaired) electrons. The van der Waals surface area contributed by atoms with E-state index in [1.54, 1.807) is 0 Å². The van der Waals surface area contributed by atoms with E-state index in [0.29, 0.717) is 0 Å². The highest BCUT2D eigenvalue weighted by molar-refractivity contribution is 6.12. The Hall–Kier alpha value is -13.5. The van der Waals surface area contributed by atoms with Gasteiger partial charge in [0.15, 0.2) is 0 Å². The number of hydrogen-bond donors (Lipinski definition) is 0. The number of benzene rings is 16. The smallest absolute Gasteiger partial charge is 0.143 e. The first-order valence-corrected chi connectivity index (χ1v) is 34.4. The Kier molecular flexibility index (Phi) is 15.5. The summed E-state index contributed by atoms with van der Waals surface area (Å²) in [7, 11) is 0. The SMILES string of the molecule is c1ccc(N(c2ccccc2)c2ccc(-c3ccc(N(c4ccc(-c5ccc(-c6ccc7c(c6)c6cc(-c8ccc(-c9cccc%10c9oc9ccccc9%10)cc8)ccc6n7-c6ccccc6)cc5)cc4)c4ccc(-c5ccc(N(c6ccccc6)c6ccccc6)cc5)cc4)cc3)cc2)cc1. The number of furan rings is 1. The fourth-order valence-corrected chi connectivity index (χ4v) is 14.6. The predicted octanol–water partition coefficient (Wildman–Crippen LogP) is 27.1. The van der Waals surface area contributed by atoms with Crippen molar-refractivity contribution in [1.29, 1.82) is 0 Å². The summed E-state index contributed by atoms with van der Waals surface area (Å²) < 4.78 is 8.84. The van der Waals surface area contributed by atoms with Crippen LogP contribution in [0.15, 0.2) is 405 Å². The maximum absolute atomic E-state index is 6.44. The number of rotatable bonds is 16. The molecular weight excluding hydrogens is 1230 g/mol. The van der Waals surface area contributed by atoms with Crippen LogP contribution in [0.25, 0.3) is 116 Å². The predicted molar refractivity (Wildman–Crippen MR) is 425 cm³/mol. The van der Waals surface area contributed by atoms with Gasteiger partial charge in [-0.05, 0) is 213 Å². The van der Waals surface area contributed by atoms with E-state index in [0.717, 1.165) is 134 Å². The van der Waals surface area contributed by atoms with Crippen LogP contribution >= 0.6 is 0 Å². The van der Waals surface area contributed by atoms with E-state index in [1.165, 1.54) is 32.9 Å². The second-order valence-electron chi connectivity index (χ2n) is 25.7. The van der Waals surface area contributed by atoms with E-state index in [9.17, 15) is 0 Å². The van der Waals surface area contributed by atoms with Crippen molar-refractivity contribution in [3.8, 4) is 72.4 Å². The third kappa shape index (κ3) is 11.5. The van der Waals surface area contributed by atoms with Crippen molar-refractivity contribution in [1.82, 2.24) is 4.57 Å². The molecule has 18 aromatic rings. The van der Waals surface area contributed by atoms with Gasteiger partial charge in [0.25, 0.3) is 0 Å². The monoisotopic (exact) mass is 1290 g/mol. The van der Waals surface area contributed by atoms with Crippen LogP contribution in [-0.4, -0.2) is 4.57 Å². The van der Waals surface area contributed by atoms with E-state index in [1.807, 2.05) is 12.1 Å². The van der Waals surface area contributed by atoms with E-state index >= 15 is 0 Å². The molecule has 18 rings (SSSR count). The highest BCUT2D eigenvalue weighted by Crippen LogP contribution is 2.44. The van der Waals surface area contributed by atoms with E-state index in [-0.39, 0.29) is 0 Å². The van der Waals surface area contributed by atoms with E-state index in [2.05, 4.69) is 408 Å². The zero-order valence-electron chi connectivity index (χ0n) is 55.3. The van der Waals surface area contributed by atoms with E-state index < -0.39 is 0 Å². The van der Waals surface area contributed by atoms with Gasteiger partial charge in [0.05, 0.1) is 11.0 Å². The van der Waals surface area contributed by atoms with Crippen LogP contribution in [0.4, 0.5) is 51.2 Å². The molecule has 2 aromatic heterocycles. The lowest BCUT2D eigenvalue weighted by Gasteiger charge is -2.27. The van der Waals surface area contributed by atoms with Gasteiger partial charge < -0.3 is 23.7 Å². The summed E-state index contributed by atoms with van der Waals surface area (Å²) in [5.41, 5.74) is 28.8. The molecule has 0 amide bonds. The number of nitrogens with zero attached hydrogens (tertiary/aromatic N) is 4. The Labute approximate surface area is 587 Å². The first-order valence-electron chi connectivity index (χ1n) is 34.4. The molecule has 0 N–H and O–H groups in total. The largest absolute Gasteiger partial charge is 0.455 e. The molecule has 5 nitrogen and oxygen atoms in total. The number of fused-ring (bicyclic) bond motifs is 6.